The summed E-state index contributed by atoms with van der Waals surface area (Å²) in [6, 6.07) is 19.6. The largest absolute Gasteiger partial charge is 0.497 e. The number of ether oxygens (including phenoxy) is 2. The normalized spacial score (nSPS) is 15.0. The number of carbonyl (C=O) groups excluding carboxylic acids is 2. The van der Waals surface area contributed by atoms with Gasteiger partial charge in [-0.05, 0) is 52.6 Å². The van der Waals surface area contributed by atoms with E-state index in [2.05, 4.69) is 11.4 Å². The van der Waals surface area contributed by atoms with Crippen molar-refractivity contribution in [3.63, 3.8) is 0 Å². The predicted octanol–water partition coefficient (Wildman–Crippen LogP) is 4.93. The number of methoxy groups -OCH3 is 1. The van der Waals surface area contributed by atoms with Gasteiger partial charge in [0.25, 0.3) is 0 Å². The quantitative estimate of drug-likeness (QED) is 0.391. The van der Waals surface area contributed by atoms with Crippen molar-refractivity contribution in [3.05, 3.63) is 87.6 Å². The summed E-state index contributed by atoms with van der Waals surface area (Å²) in [5, 5.41) is 2.09. The van der Waals surface area contributed by atoms with Crippen LogP contribution in [0, 0.1) is 5.92 Å². The van der Waals surface area contributed by atoms with Gasteiger partial charge < -0.3 is 19.3 Å². The molecule has 0 aliphatic carbocycles. The maximum absolute atomic E-state index is 13.7. The lowest BCUT2D eigenvalue weighted by Crippen LogP contribution is -2.48. The second kappa shape index (κ2) is 12.2. The van der Waals surface area contributed by atoms with Crippen molar-refractivity contribution in [1.29, 1.82) is 0 Å². The molecule has 2 aromatic carbocycles. The fourth-order valence-electron chi connectivity index (χ4n) is 4.60. The van der Waals surface area contributed by atoms with E-state index < -0.39 is 0 Å². The molecule has 4 rings (SSSR count). The maximum Gasteiger partial charge on any atom is 0.249 e. The molecule has 7 heteroatoms. The van der Waals surface area contributed by atoms with E-state index in [1.165, 1.54) is 4.88 Å². The highest BCUT2D eigenvalue weighted by molar-refractivity contribution is 7.10. The fraction of sp³-hybridized carbons (Fsp3) is 0.379. The Hall–Kier alpha value is -3.16. The highest BCUT2D eigenvalue weighted by Gasteiger charge is 2.34. The molecule has 36 heavy (non-hydrogen) atoms. The van der Waals surface area contributed by atoms with E-state index in [0.29, 0.717) is 19.7 Å². The summed E-state index contributed by atoms with van der Waals surface area (Å²) >= 11 is 1.74. The summed E-state index contributed by atoms with van der Waals surface area (Å²) in [5.41, 5.74) is 3.22. The number of hydrogen-bond acceptors (Lipinski definition) is 5. The van der Waals surface area contributed by atoms with Gasteiger partial charge in [-0.25, -0.2) is 0 Å². The Labute approximate surface area is 217 Å². The summed E-state index contributed by atoms with van der Waals surface area (Å²) in [6.45, 7) is 5.58. The third-order valence-corrected chi connectivity index (χ3v) is 7.32. The molecular weight excluding hydrogens is 472 g/mol. The number of rotatable bonds is 10. The lowest BCUT2D eigenvalue weighted by molar-refractivity contribution is -0.145. The predicted molar refractivity (Wildman–Crippen MR) is 142 cm³/mol. The van der Waals surface area contributed by atoms with Gasteiger partial charge >= 0.3 is 0 Å². The van der Waals surface area contributed by atoms with Crippen LogP contribution in [0.5, 0.6) is 5.75 Å². The molecule has 1 unspecified atom stereocenters. The molecule has 1 atom stereocenters. The summed E-state index contributed by atoms with van der Waals surface area (Å²) in [5.74, 6) is 0.798. The van der Waals surface area contributed by atoms with Crippen molar-refractivity contribution in [2.45, 2.75) is 32.9 Å². The van der Waals surface area contributed by atoms with Crippen molar-refractivity contribution in [3.8, 4) is 5.75 Å². The van der Waals surface area contributed by atoms with Gasteiger partial charge in [0.05, 0.1) is 26.3 Å². The van der Waals surface area contributed by atoms with E-state index in [1.807, 2.05) is 73.3 Å². The molecule has 1 aliphatic heterocycles. The lowest BCUT2D eigenvalue weighted by atomic mass is 9.93. The Morgan fingerprint density at radius 1 is 1.08 bits per heavy atom. The lowest BCUT2D eigenvalue weighted by Gasteiger charge is -2.38. The Morgan fingerprint density at radius 2 is 1.83 bits per heavy atom. The van der Waals surface area contributed by atoms with Crippen LogP contribution in [0.2, 0.25) is 0 Å². The number of hydrogen-bond donors (Lipinski definition) is 0. The third-order valence-electron chi connectivity index (χ3n) is 6.32. The van der Waals surface area contributed by atoms with Crippen LogP contribution in [0.3, 0.4) is 0 Å². The Bertz CT molecular complexity index is 1140. The topological polar surface area (TPSA) is 59.1 Å². The fourth-order valence-corrected chi connectivity index (χ4v) is 5.51. The average Bonchev–Trinajstić information content (AvgIpc) is 3.37. The average molecular weight is 507 g/mol. The van der Waals surface area contributed by atoms with Gasteiger partial charge in [-0.1, -0.05) is 56.3 Å². The third kappa shape index (κ3) is 6.33. The number of thiophene rings is 1. The van der Waals surface area contributed by atoms with Gasteiger partial charge in [0, 0.05) is 18.0 Å². The molecular formula is C29H34N2O4S. The molecule has 0 radical (unpaired) electrons. The first kappa shape index (κ1) is 25.9. The van der Waals surface area contributed by atoms with Crippen LogP contribution in [0.4, 0.5) is 0 Å². The van der Waals surface area contributed by atoms with Crippen molar-refractivity contribution in [2.24, 2.45) is 5.92 Å². The molecule has 6 nitrogen and oxygen atoms in total. The van der Waals surface area contributed by atoms with Gasteiger partial charge in [-0.2, -0.15) is 0 Å². The second-order valence-electron chi connectivity index (χ2n) is 9.46. The molecule has 0 bridgehead atoms. The summed E-state index contributed by atoms with van der Waals surface area (Å²) in [6.07, 6.45) is 0.823. The minimum absolute atomic E-state index is 0.0395. The van der Waals surface area contributed by atoms with Crippen LogP contribution < -0.4 is 4.74 Å². The van der Waals surface area contributed by atoms with Crippen LogP contribution >= 0.6 is 11.3 Å². The molecule has 0 saturated heterocycles. The molecule has 190 valence electrons. The highest BCUT2D eigenvalue weighted by Crippen LogP contribution is 2.38. The maximum atomic E-state index is 13.7. The zero-order chi connectivity index (χ0) is 25.5. The second-order valence-corrected chi connectivity index (χ2v) is 10.5. The minimum atomic E-state index is -0.177. The number of carbonyl (C=O) groups is 2. The van der Waals surface area contributed by atoms with E-state index in [1.54, 1.807) is 23.3 Å². The van der Waals surface area contributed by atoms with Crippen LogP contribution in [0.25, 0.3) is 0 Å². The first-order valence-electron chi connectivity index (χ1n) is 12.4. The molecule has 2 heterocycles. The van der Waals surface area contributed by atoms with E-state index in [-0.39, 0.29) is 36.9 Å². The van der Waals surface area contributed by atoms with Crippen LogP contribution in [-0.4, -0.2) is 55.0 Å². The molecule has 0 N–H and O–H groups in total. The van der Waals surface area contributed by atoms with Crippen molar-refractivity contribution >= 4 is 23.2 Å². The molecule has 1 aliphatic rings. The molecule has 2 amide bonds. The molecule has 1 aromatic heterocycles. The Kier molecular flexibility index (Phi) is 8.78. The van der Waals surface area contributed by atoms with E-state index >= 15 is 0 Å². The number of amides is 2. The van der Waals surface area contributed by atoms with Crippen molar-refractivity contribution in [1.82, 2.24) is 9.80 Å². The van der Waals surface area contributed by atoms with Crippen molar-refractivity contribution in [2.75, 3.05) is 33.4 Å². The van der Waals surface area contributed by atoms with Gasteiger partial charge in [0.1, 0.15) is 12.4 Å². The van der Waals surface area contributed by atoms with E-state index in [9.17, 15) is 9.59 Å². The standard InChI is InChI=1S/C29H34N2O4S/c1-21(2)17-30(28(33)20-35-19-22-7-5-4-6-8-22)18-27(32)31-15-13-26-25(14-16-36-26)29(31)23-9-11-24(34-3)12-10-23/h4-12,14,16,21,29H,13,15,17-20H2,1-3H3. The summed E-state index contributed by atoms with van der Waals surface area (Å²) in [7, 11) is 1.65. The van der Waals surface area contributed by atoms with Crippen LogP contribution in [-0.2, 0) is 27.4 Å². The smallest absolute Gasteiger partial charge is 0.249 e. The van der Waals surface area contributed by atoms with Crippen LogP contribution in [0.1, 0.15) is 41.5 Å². The Balaban J connectivity index is 1.48. The van der Waals surface area contributed by atoms with E-state index in [4.69, 9.17) is 9.47 Å². The number of fused-ring (bicyclic) bond motifs is 1. The van der Waals surface area contributed by atoms with E-state index in [0.717, 1.165) is 28.9 Å². The van der Waals surface area contributed by atoms with Crippen molar-refractivity contribution < 1.29 is 19.1 Å². The van der Waals surface area contributed by atoms with Gasteiger partial charge in [-0.15, -0.1) is 11.3 Å². The SMILES string of the molecule is COc1ccc(C2c3ccsc3CCN2C(=O)CN(CC(C)C)C(=O)COCc2ccccc2)cc1. The first-order chi connectivity index (χ1) is 17.5. The number of nitrogens with zero attached hydrogens (tertiary/aromatic N) is 2. The van der Waals surface area contributed by atoms with Gasteiger partial charge in [0.15, 0.2) is 0 Å². The first-order valence-corrected chi connectivity index (χ1v) is 13.2. The Morgan fingerprint density at radius 3 is 2.53 bits per heavy atom. The monoisotopic (exact) mass is 506 g/mol. The number of benzene rings is 2. The van der Waals surface area contributed by atoms with Crippen LogP contribution in [0.15, 0.2) is 66.0 Å². The molecule has 3 aromatic rings. The van der Waals surface area contributed by atoms with Gasteiger partial charge in [-0.3, -0.25) is 9.59 Å². The zero-order valence-electron chi connectivity index (χ0n) is 21.2. The highest BCUT2D eigenvalue weighted by atomic mass is 32.1. The molecule has 0 saturated carbocycles. The summed E-state index contributed by atoms with van der Waals surface area (Å²) in [4.78, 5) is 31.7. The molecule has 0 fully saturated rings. The minimum Gasteiger partial charge on any atom is -0.497 e. The summed E-state index contributed by atoms with van der Waals surface area (Å²) < 4.78 is 11.0. The van der Waals surface area contributed by atoms with Gasteiger partial charge in [0.2, 0.25) is 11.8 Å². The zero-order valence-corrected chi connectivity index (χ0v) is 22.0. The molecule has 0 spiro atoms.